The number of hydrogen-bond acceptors (Lipinski definition) is 5. The monoisotopic (exact) mass is 363 g/mol. The fraction of sp³-hybridized carbons (Fsp3) is 0.300. The Hall–Kier alpha value is -3.22. The van der Waals surface area contributed by atoms with Crippen LogP contribution in [0.3, 0.4) is 0 Å². The van der Waals surface area contributed by atoms with Gasteiger partial charge in [-0.15, -0.1) is 0 Å². The Balaban J connectivity index is 1.65. The first-order chi connectivity index (χ1) is 13.0. The average molecular weight is 363 g/mol. The summed E-state index contributed by atoms with van der Waals surface area (Å²) in [6, 6.07) is 9.12. The number of nitrogens with one attached hydrogen (secondary N) is 1. The minimum atomic E-state index is -0.564. The Bertz CT molecular complexity index is 1070. The minimum Gasteiger partial charge on any atom is -0.366 e. The summed E-state index contributed by atoms with van der Waals surface area (Å²) in [6.07, 6.45) is 4.99. The van der Waals surface area contributed by atoms with Gasteiger partial charge in [0.15, 0.2) is 0 Å². The first-order valence-corrected chi connectivity index (χ1v) is 8.90. The lowest BCUT2D eigenvalue weighted by molar-refractivity contribution is -0.123. The van der Waals surface area contributed by atoms with Crippen LogP contribution in [0, 0.1) is 5.41 Å². The standard InChI is InChI=1S/C20H21N5O2/c1-20(2)12-24(17-11-21-8-7-16(17)23-19(20)27)9-10-25-13-22-15-6-4-3-5-14(15)18(25)26/h3-8,11,13H,9-10,12H2,1-2H3,(H,23,27). The summed E-state index contributed by atoms with van der Waals surface area (Å²) in [5, 5.41) is 3.58. The molecular weight excluding hydrogens is 342 g/mol. The molecule has 27 heavy (non-hydrogen) atoms. The summed E-state index contributed by atoms with van der Waals surface area (Å²) in [4.78, 5) is 35.9. The van der Waals surface area contributed by atoms with Crippen LogP contribution in [0.25, 0.3) is 10.9 Å². The molecule has 0 unspecified atom stereocenters. The van der Waals surface area contributed by atoms with Gasteiger partial charge in [-0.1, -0.05) is 12.1 Å². The molecule has 0 bridgehead atoms. The zero-order valence-corrected chi connectivity index (χ0v) is 15.3. The van der Waals surface area contributed by atoms with Gasteiger partial charge in [-0.05, 0) is 32.0 Å². The van der Waals surface area contributed by atoms with E-state index in [0.717, 1.165) is 11.4 Å². The van der Waals surface area contributed by atoms with Crippen LogP contribution in [-0.2, 0) is 11.3 Å². The highest BCUT2D eigenvalue weighted by molar-refractivity contribution is 5.99. The summed E-state index contributed by atoms with van der Waals surface area (Å²) in [7, 11) is 0. The summed E-state index contributed by atoms with van der Waals surface area (Å²) in [6.45, 7) is 5.40. The highest BCUT2D eigenvalue weighted by Crippen LogP contribution is 2.33. The van der Waals surface area contributed by atoms with Crippen LogP contribution in [0.15, 0.2) is 53.8 Å². The van der Waals surface area contributed by atoms with Gasteiger partial charge in [-0.25, -0.2) is 4.98 Å². The third kappa shape index (κ3) is 3.16. The van der Waals surface area contributed by atoms with Crippen molar-refractivity contribution in [1.29, 1.82) is 0 Å². The van der Waals surface area contributed by atoms with Crippen LogP contribution in [0.4, 0.5) is 11.4 Å². The lowest BCUT2D eigenvalue weighted by atomic mass is 9.92. The molecule has 4 rings (SSSR count). The Morgan fingerprint density at radius 2 is 1.96 bits per heavy atom. The van der Waals surface area contributed by atoms with Gasteiger partial charge in [0, 0.05) is 25.8 Å². The van der Waals surface area contributed by atoms with Crippen molar-refractivity contribution in [2.24, 2.45) is 5.41 Å². The molecular formula is C20H21N5O2. The van der Waals surface area contributed by atoms with Crippen LogP contribution in [0.2, 0.25) is 0 Å². The molecule has 1 amide bonds. The van der Waals surface area contributed by atoms with E-state index >= 15 is 0 Å². The predicted octanol–water partition coefficient (Wildman–Crippen LogP) is 2.28. The molecule has 0 saturated heterocycles. The van der Waals surface area contributed by atoms with Crippen molar-refractivity contribution in [3.63, 3.8) is 0 Å². The molecule has 1 N–H and O–H groups in total. The molecule has 0 fully saturated rings. The topological polar surface area (TPSA) is 80.1 Å². The zero-order chi connectivity index (χ0) is 19.0. The van der Waals surface area contributed by atoms with Gasteiger partial charge in [0.2, 0.25) is 5.91 Å². The van der Waals surface area contributed by atoms with E-state index in [9.17, 15) is 9.59 Å². The number of nitrogens with zero attached hydrogens (tertiary/aromatic N) is 4. The van der Waals surface area contributed by atoms with Crippen LogP contribution < -0.4 is 15.8 Å². The normalized spacial score (nSPS) is 15.9. The molecule has 0 aliphatic carbocycles. The summed E-state index contributed by atoms with van der Waals surface area (Å²) >= 11 is 0. The first kappa shape index (κ1) is 17.2. The second-order valence-electron chi connectivity index (χ2n) is 7.41. The molecule has 1 aliphatic heterocycles. The Kier molecular flexibility index (Phi) is 4.14. The van der Waals surface area contributed by atoms with Crippen molar-refractivity contribution < 1.29 is 4.79 Å². The molecule has 2 aromatic heterocycles. The van der Waals surface area contributed by atoms with E-state index in [1.54, 1.807) is 35.4 Å². The summed E-state index contributed by atoms with van der Waals surface area (Å²) < 4.78 is 1.62. The number of para-hydroxylation sites is 1. The number of carbonyl (C=O) groups is 1. The molecule has 7 heteroatoms. The number of fused-ring (bicyclic) bond motifs is 2. The largest absolute Gasteiger partial charge is 0.366 e. The van der Waals surface area contributed by atoms with E-state index in [0.29, 0.717) is 30.5 Å². The highest BCUT2D eigenvalue weighted by atomic mass is 16.2. The van der Waals surface area contributed by atoms with Gasteiger partial charge in [0.05, 0.1) is 40.2 Å². The number of pyridine rings is 1. The molecule has 1 aliphatic rings. The van der Waals surface area contributed by atoms with Crippen molar-refractivity contribution in [1.82, 2.24) is 14.5 Å². The second-order valence-corrected chi connectivity index (χ2v) is 7.41. The van der Waals surface area contributed by atoms with E-state index in [1.165, 1.54) is 0 Å². The predicted molar refractivity (Wildman–Crippen MR) is 105 cm³/mol. The van der Waals surface area contributed by atoms with Crippen molar-refractivity contribution in [3.05, 3.63) is 59.4 Å². The van der Waals surface area contributed by atoms with Crippen LogP contribution >= 0.6 is 0 Å². The van der Waals surface area contributed by atoms with Gasteiger partial charge >= 0.3 is 0 Å². The molecule has 0 spiro atoms. The number of hydrogen-bond donors (Lipinski definition) is 1. The molecule has 7 nitrogen and oxygen atoms in total. The Morgan fingerprint density at radius 1 is 1.15 bits per heavy atom. The molecule has 0 atom stereocenters. The lowest BCUT2D eigenvalue weighted by Crippen LogP contribution is -2.41. The third-order valence-electron chi connectivity index (χ3n) is 4.93. The van der Waals surface area contributed by atoms with Gasteiger partial charge in [0.25, 0.3) is 5.56 Å². The Labute approximate surface area is 156 Å². The van der Waals surface area contributed by atoms with E-state index < -0.39 is 5.41 Å². The third-order valence-corrected chi connectivity index (χ3v) is 4.93. The first-order valence-electron chi connectivity index (χ1n) is 8.90. The lowest BCUT2D eigenvalue weighted by Gasteiger charge is -2.29. The van der Waals surface area contributed by atoms with Crippen molar-refractivity contribution >= 4 is 28.2 Å². The van der Waals surface area contributed by atoms with Gasteiger partial charge < -0.3 is 10.2 Å². The second kappa shape index (κ2) is 6.50. The van der Waals surface area contributed by atoms with Crippen LogP contribution in [0.1, 0.15) is 13.8 Å². The minimum absolute atomic E-state index is 0.0259. The fourth-order valence-corrected chi connectivity index (χ4v) is 3.36. The zero-order valence-electron chi connectivity index (χ0n) is 15.3. The summed E-state index contributed by atoms with van der Waals surface area (Å²) in [5.74, 6) is -0.0259. The smallest absolute Gasteiger partial charge is 0.261 e. The SMILES string of the molecule is CC1(C)CN(CCn2cnc3ccccc3c2=O)c2cnccc2NC1=O. The number of carbonyl (C=O) groups excluding carboxylic acids is 1. The maximum Gasteiger partial charge on any atom is 0.261 e. The quantitative estimate of drug-likeness (QED) is 0.772. The number of rotatable bonds is 3. The van der Waals surface area contributed by atoms with Gasteiger partial charge in [0.1, 0.15) is 0 Å². The molecule has 1 aromatic carbocycles. The van der Waals surface area contributed by atoms with E-state index in [-0.39, 0.29) is 11.5 Å². The maximum atomic E-state index is 12.7. The molecule has 138 valence electrons. The van der Waals surface area contributed by atoms with Crippen LogP contribution in [0.5, 0.6) is 0 Å². The summed E-state index contributed by atoms with van der Waals surface area (Å²) in [5.41, 5.74) is 1.67. The van der Waals surface area contributed by atoms with E-state index in [4.69, 9.17) is 0 Å². The Morgan fingerprint density at radius 3 is 2.81 bits per heavy atom. The molecule has 0 saturated carbocycles. The van der Waals surface area contributed by atoms with E-state index in [1.807, 2.05) is 32.0 Å². The molecule has 0 radical (unpaired) electrons. The van der Waals surface area contributed by atoms with E-state index in [2.05, 4.69) is 20.2 Å². The number of amides is 1. The average Bonchev–Trinajstić information content (AvgIpc) is 2.76. The molecule has 3 heterocycles. The van der Waals surface area contributed by atoms with Gasteiger partial charge in [-0.3, -0.25) is 19.1 Å². The number of benzene rings is 1. The van der Waals surface area contributed by atoms with Crippen molar-refractivity contribution in [2.75, 3.05) is 23.3 Å². The highest BCUT2D eigenvalue weighted by Gasteiger charge is 2.34. The number of aromatic nitrogens is 3. The van der Waals surface area contributed by atoms with Crippen molar-refractivity contribution in [2.45, 2.75) is 20.4 Å². The maximum absolute atomic E-state index is 12.7. The number of anilines is 2. The van der Waals surface area contributed by atoms with Gasteiger partial charge in [-0.2, -0.15) is 0 Å². The molecule has 3 aromatic rings. The fourth-order valence-electron chi connectivity index (χ4n) is 3.36. The van der Waals surface area contributed by atoms with Crippen molar-refractivity contribution in [3.8, 4) is 0 Å². The van der Waals surface area contributed by atoms with Crippen LogP contribution in [-0.4, -0.2) is 33.5 Å².